The van der Waals surface area contributed by atoms with E-state index in [0.717, 1.165) is 23.7 Å². The van der Waals surface area contributed by atoms with Crippen molar-refractivity contribution in [3.8, 4) is 0 Å². The monoisotopic (exact) mass is 299 g/mol. The van der Waals surface area contributed by atoms with Gasteiger partial charge in [-0.05, 0) is 42.9 Å². The first-order chi connectivity index (χ1) is 8.26. The van der Waals surface area contributed by atoms with Crippen molar-refractivity contribution in [1.82, 2.24) is 5.32 Å². The molecule has 0 saturated heterocycles. The topological polar surface area (TPSA) is 29.1 Å². The number of carbonyl (C=O) groups excluding carboxylic acids is 1. The second kappa shape index (κ2) is 4.56. The highest BCUT2D eigenvalue weighted by Gasteiger charge is 2.56. The molecule has 1 N–H and O–H groups in total. The van der Waals surface area contributed by atoms with Crippen molar-refractivity contribution >= 4 is 21.8 Å². The number of hydrogen-bond acceptors (Lipinski definition) is 1. The standard InChI is InChI=1S/C14H22BrNO/c15-8-14(6-1-2-7-14)9-16-13(17)12-10-4-3-5-11(10)12/h10-12H,1-9H2,(H,16,17). The highest BCUT2D eigenvalue weighted by Crippen LogP contribution is 2.57. The van der Waals surface area contributed by atoms with Crippen LogP contribution in [0.25, 0.3) is 0 Å². The summed E-state index contributed by atoms with van der Waals surface area (Å²) in [7, 11) is 0. The molecule has 17 heavy (non-hydrogen) atoms. The van der Waals surface area contributed by atoms with Crippen LogP contribution in [0.1, 0.15) is 44.9 Å². The lowest BCUT2D eigenvalue weighted by molar-refractivity contribution is -0.123. The van der Waals surface area contributed by atoms with E-state index in [9.17, 15) is 4.79 Å². The Morgan fingerprint density at radius 2 is 1.82 bits per heavy atom. The number of rotatable bonds is 4. The first kappa shape index (κ1) is 12.0. The van der Waals surface area contributed by atoms with Crippen LogP contribution >= 0.6 is 15.9 Å². The summed E-state index contributed by atoms with van der Waals surface area (Å²) >= 11 is 3.63. The zero-order valence-electron chi connectivity index (χ0n) is 10.4. The summed E-state index contributed by atoms with van der Waals surface area (Å²) in [6.07, 6.45) is 9.15. The van der Waals surface area contributed by atoms with Crippen LogP contribution in [-0.2, 0) is 4.79 Å². The number of amides is 1. The minimum atomic E-state index is 0.354. The third kappa shape index (κ3) is 2.16. The fraction of sp³-hybridized carbons (Fsp3) is 0.929. The summed E-state index contributed by atoms with van der Waals surface area (Å²) in [4.78, 5) is 12.1. The molecule has 0 bridgehead atoms. The molecule has 3 aliphatic rings. The molecule has 0 spiro atoms. The number of fused-ring (bicyclic) bond motifs is 1. The van der Waals surface area contributed by atoms with Gasteiger partial charge in [-0.25, -0.2) is 0 Å². The van der Waals surface area contributed by atoms with E-state index in [0.29, 0.717) is 17.2 Å². The largest absolute Gasteiger partial charge is 0.355 e. The molecule has 2 nitrogen and oxygen atoms in total. The lowest BCUT2D eigenvalue weighted by atomic mass is 9.89. The molecule has 0 radical (unpaired) electrons. The van der Waals surface area contributed by atoms with Crippen molar-refractivity contribution in [2.24, 2.45) is 23.2 Å². The lowest BCUT2D eigenvalue weighted by Crippen LogP contribution is -2.38. The average Bonchev–Trinajstić information content (AvgIpc) is 2.78. The highest BCUT2D eigenvalue weighted by atomic mass is 79.9. The Hall–Kier alpha value is -0.0500. The number of nitrogens with one attached hydrogen (secondary N) is 1. The first-order valence-corrected chi connectivity index (χ1v) is 8.22. The second-order valence-electron chi connectivity index (χ2n) is 6.34. The van der Waals surface area contributed by atoms with Crippen molar-refractivity contribution in [3.63, 3.8) is 0 Å². The van der Waals surface area contributed by atoms with Gasteiger partial charge >= 0.3 is 0 Å². The van der Waals surface area contributed by atoms with E-state index in [2.05, 4.69) is 21.2 Å². The average molecular weight is 300 g/mol. The molecule has 0 aliphatic heterocycles. The van der Waals surface area contributed by atoms with Gasteiger partial charge in [0, 0.05) is 17.8 Å². The number of alkyl halides is 1. The molecule has 3 fully saturated rings. The van der Waals surface area contributed by atoms with Crippen molar-refractivity contribution in [3.05, 3.63) is 0 Å². The Labute approximate surface area is 112 Å². The van der Waals surface area contributed by atoms with E-state index < -0.39 is 0 Å². The van der Waals surface area contributed by atoms with Gasteiger partial charge in [0.05, 0.1) is 0 Å². The van der Waals surface area contributed by atoms with Crippen LogP contribution in [0.5, 0.6) is 0 Å². The maximum absolute atomic E-state index is 12.1. The summed E-state index contributed by atoms with van der Waals surface area (Å²) in [5.41, 5.74) is 0.361. The summed E-state index contributed by atoms with van der Waals surface area (Å²) in [5, 5.41) is 4.28. The van der Waals surface area contributed by atoms with E-state index in [4.69, 9.17) is 0 Å². The van der Waals surface area contributed by atoms with Crippen LogP contribution in [0, 0.1) is 23.2 Å². The summed E-state index contributed by atoms with van der Waals surface area (Å²) in [6.45, 7) is 0.896. The van der Waals surface area contributed by atoms with Gasteiger partial charge in [-0.3, -0.25) is 4.79 Å². The van der Waals surface area contributed by atoms with Gasteiger partial charge in [-0.2, -0.15) is 0 Å². The van der Waals surface area contributed by atoms with Gasteiger partial charge < -0.3 is 5.32 Å². The molecule has 0 heterocycles. The van der Waals surface area contributed by atoms with E-state index in [1.165, 1.54) is 44.9 Å². The molecule has 1 amide bonds. The minimum absolute atomic E-state index is 0.354. The van der Waals surface area contributed by atoms with Crippen LogP contribution < -0.4 is 5.32 Å². The minimum Gasteiger partial charge on any atom is -0.355 e. The summed E-state index contributed by atoms with van der Waals surface area (Å²) < 4.78 is 0. The van der Waals surface area contributed by atoms with Crippen molar-refractivity contribution < 1.29 is 4.79 Å². The van der Waals surface area contributed by atoms with E-state index >= 15 is 0 Å². The van der Waals surface area contributed by atoms with E-state index in [1.54, 1.807) is 0 Å². The molecule has 0 aromatic rings. The van der Waals surface area contributed by atoms with Gasteiger partial charge in [0.1, 0.15) is 0 Å². The van der Waals surface area contributed by atoms with E-state index in [-0.39, 0.29) is 0 Å². The third-order valence-electron chi connectivity index (χ3n) is 5.29. The predicted molar refractivity (Wildman–Crippen MR) is 72.0 cm³/mol. The normalized spacial score (nSPS) is 37.8. The fourth-order valence-corrected chi connectivity index (χ4v) is 4.84. The third-order valence-corrected chi connectivity index (χ3v) is 6.48. The second-order valence-corrected chi connectivity index (χ2v) is 6.90. The molecule has 3 heteroatoms. The lowest BCUT2D eigenvalue weighted by Gasteiger charge is -2.26. The zero-order chi connectivity index (χ0) is 11.9. The van der Waals surface area contributed by atoms with Gasteiger partial charge in [-0.15, -0.1) is 0 Å². The Morgan fingerprint density at radius 1 is 1.18 bits per heavy atom. The van der Waals surface area contributed by atoms with E-state index in [1.807, 2.05) is 0 Å². The van der Waals surface area contributed by atoms with Crippen molar-refractivity contribution in [1.29, 1.82) is 0 Å². The molecule has 2 atom stereocenters. The van der Waals surface area contributed by atoms with Crippen LogP contribution in [0.4, 0.5) is 0 Å². The van der Waals surface area contributed by atoms with Crippen molar-refractivity contribution in [2.45, 2.75) is 44.9 Å². The predicted octanol–water partition coefficient (Wildman–Crippen LogP) is 3.10. The Balaban J connectivity index is 1.49. The fourth-order valence-electron chi connectivity index (χ4n) is 4.09. The van der Waals surface area contributed by atoms with Crippen LogP contribution in [0.3, 0.4) is 0 Å². The molecular formula is C14H22BrNO. The molecule has 0 aromatic carbocycles. The maximum atomic E-state index is 12.1. The summed E-state index contributed by atoms with van der Waals surface area (Å²) in [5.74, 6) is 2.24. The van der Waals surface area contributed by atoms with Gasteiger partial charge in [0.15, 0.2) is 0 Å². The quantitative estimate of drug-likeness (QED) is 0.794. The maximum Gasteiger partial charge on any atom is 0.223 e. The highest BCUT2D eigenvalue weighted by molar-refractivity contribution is 9.09. The molecule has 3 saturated carbocycles. The van der Waals surface area contributed by atoms with Crippen LogP contribution in [0.2, 0.25) is 0 Å². The SMILES string of the molecule is O=C(NCC1(CBr)CCCC1)C1C2CCCC21. The molecular weight excluding hydrogens is 278 g/mol. The molecule has 3 rings (SSSR count). The zero-order valence-corrected chi connectivity index (χ0v) is 12.0. The number of halogens is 1. The van der Waals surface area contributed by atoms with Gasteiger partial charge in [0.25, 0.3) is 0 Å². The van der Waals surface area contributed by atoms with Gasteiger partial charge in [0.2, 0.25) is 5.91 Å². The van der Waals surface area contributed by atoms with Crippen LogP contribution in [-0.4, -0.2) is 17.8 Å². The first-order valence-electron chi connectivity index (χ1n) is 7.09. The molecule has 0 aromatic heterocycles. The smallest absolute Gasteiger partial charge is 0.223 e. The molecule has 96 valence electrons. The van der Waals surface area contributed by atoms with Crippen LogP contribution in [0.15, 0.2) is 0 Å². The summed E-state index contributed by atoms with van der Waals surface area (Å²) in [6, 6.07) is 0. The van der Waals surface area contributed by atoms with Gasteiger partial charge in [-0.1, -0.05) is 35.2 Å². The number of hydrogen-bond donors (Lipinski definition) is 1. The number of carbonyl (C=O) groups is 1. The van der Waals surface area contributed by atoms with Crippen molar-refractivity contribution in [2.75, 3.05) is 11.9 Å². The molecule has 2 unspecified atom stereocenters. The Bertz CT molecular complexity index is 301. The Kier molecular flexibility index (Phi) is 3.22. The molecule has 3 aliphatic carbocycles. The Morgan fingerprint density at radius 3 is 2.41 bits per heavy atom.